The molecule has 0 spiro atoms. The summed E-state index contributed by atoms with van der Waals surface area (Å²) in [5.74, 6) is 0. The molecule has 3 rings (SSSR count). The molecule has 0 atom stereocenters. The van der Waals surface area contributed by atoms with Gasteiger partial charge in [-0.15, -0.1) is 0 Å². The fourth-order valence-corrected chi connectivity index (χ4v) is 2.91. The fourth-order valence-electron chi connectivity index (χ4n) is 2.91. The zero-order valence-electron chi connectivity index (χ0n) is 12.1. The minimum absolute atomic E-state index is 0.492. The van der Waals surface area contributed by atoms with E-state index in [1.165, 1.54) is 11.3 Å². The van der Waals surface area contributed by atoms with E-state index in [0.29, 0.717) is 11.7 Å². The Kier molecular flexibility index (Phi) is 2.98. The first kappa shape index (κ1) is 12.7. The average molecular weight is 266 g/mol. The maximum atomic E-state index is 9.17. The van der Waals surface area contributed by atoms with Gasteiger partial charge < -0.3 is 4.90 Å². The lowest BCUT2D eigenvalue weighted by molar-refractivity contribution is 0.710. The Bertz CT molecular complexity index is 691. The van der Waals surface area contributed by atoms with Gasteiger partial charge in [0.05, 0.1) is 0 Å². The molecular formula is C16H18N4. The van der Waals surface area contributed by atoms with Crippen LogP contribution in [-0.4, -0.2) is 22.4 Å². The normalized spacial score (nSPS) is 13.7. The van der Waals surface area contributed by atoms with E-state index in [9.17, 15) is 0 Å². The van der Waals surface area contributed by atoms with Gasteiger partial charge in [-0.25, -0.2) is 0 Å². The summed E-state index contributed by atoms with van der Waals surface area (Å²) < 4.78 is 1.70. The summed E-state index contributed by atoms with van der Waals surface area (Å²) in [4.78, 5) is 2.42. The third-order valence-corrected chi connectivity index (χ3v) is 3.88. The molecule has 1 aliphatic heterocycles. The summed E-state index contributed by atoms with van der Waals surface area (Å²) in [5, 5.41) is 13.4. The van der Waals surface area contributed by atoms with E-state index < -0.39 is 0 Å². The number of anilines is 1. The van der Waals surface area contributed by atoms with Crippen LogP contribution < -0.4 is 4.90 Å². The standard InChI is InChI=1S/C16H18N4/c1-11(2)20-7-6-13-8-12(4-5-16(13)20)14-10-19(3)18-15(14)9-17/h4-5,8,10-11H,6-7H2,1-3H3. The van der Waals surface area contributed by atoms with Crippen molar-refractivity contribution in [2.75, 3.05) is 11.4 Å². The third kappa shape index (κ3) is 1.96. The predicted octanol–water partition coefficient (Wildman–Crippen LogP) is 2.73. The topological polar surface area (TPSA) is 44.9 Å². The van der Waals surface area contributed by atoms with Crippen LogP contribution in [-0.2, 0) is 13.5 Å². The summed E-state index contributed by atoms with van der Waals surface area (Å²) in [6.45, 7) is 5.52. The molecule has 1 aromatic carbocycles. The van der Waals surface area contributed by atoms with Gasteiger partial charge in [-0.05, 0) is 43.5 Å². The quantitative estimate of drug-likeness (QED) is 0.839. The fraction of sp³-hybridized carbons (Fsp3) is 0.375. The van der Waals surface area contributed by atoms with E-state index in [1.807, 2.05) is 13.2 Å². The molecule has 2 aromatic rings. The smallest absolute Gasteiger partial charge is 0.170 e. The molecule has 2 heterocycles. The second-order valence-electron chi connectivity index (χ2n) is 5.56. The molecule has 4 nitrogen and oxygen atoms in total. The Labute approximate surface area is 119 Å². The van der Waals surface area contributed by atoms with Crippen LogP contribution in [0.5, 0.6) is 0 Å². The molecule has 0 unspecified atom stereocenters. The molecule has 1 aromatic heterocycles. The first-order valence-corrected chi connectivity index (χ1v) is 6.94. The van der Waals surface area contributed by atoms with Crippen molar-refractivity contribution in [2.45, 2.75) is 26.3 Å². The van der Waals surface area contributed by atoms with Crippen LogP contribution >= 0.6 is 0 Å². The minimum atomic E-state index is 0.492. The molecular weight excluding hydrogens is 248 g/mol. The van der Waals surface area contributed by atoms with E-state index in [-0.39, 0.29) is 0 Å². The molecule has 0 fully saturated rings. The van der Waals surface area contributed by atoms with Crippen molar-refractivity contribution < 1.29 is 0 Å². The first-order chi connectivity index (χ1) is 9.60. The number of fused-ring (bicyclic) bond motifs is 1. The van der Waals surface area contributed by atoms with E-state index in [0.717, 1.165) is 24.1 Å². The van der Waals surface area contributed by atoms with E-state index >= 15 is 0 Å². The van der Waals surface area contributed by atoms with Crippen molar-refractivity contribution in [2.24, 2.45) is 7.05 Å². The highest BCUT2D eigenvalue weighted by atomic mass is 15.2. The SMILES string of the molecule is CC(C)N1CCc2cc(-c3cn(C)nc3C#N)ccc21. The number of aryl methyl sites for hydroxylation is 1. The van der Waals surface area contributed by atoms with Gasteiger partial charge in [-0.2, -0.15) is 10.4 Å². The first-order valence-electron chi connectivity index (χ1n) is 6.94. The van der Waals surface area contributed by atoms with Crippen molar-refractivity contribution in [3.05, 3.63) is 35.7 Å². The largest absolute Gasteiger partial charge is 0.369 e. The Morgan fingerprint density at radius 3 is 2.85 bits per heavy atom. The molecule has 0 N–H and O–H groups in total. The second kappa shape index (κ2) is 4.68. The van der Waals surface area contributed by atoms with Gasteiger partial charge in [0.1, 0.15) is 6.07 Å². The highest BCUT2D eigenvalue weighted by Gasteiger charge is 2.22. The predicted molar refractivity (Wildman–Crippen MR) is 79.5 cm³/mol. The molecule has 4 heteroatoms. The number of nitrogens with zero attached hydrogens (tertiary/aromatic N) is 4. The van der Waals surface area contributed by atoms with E-state index in [1.54, 1.807) is 4.68 Å². The van der Waals surface area contributed by atoms with Crippen LogP contribution in [0.15, 0.2) is 24.4 Å². The number of hydrogen-bond acceptors (Lipinski definition) is 3. The second-order valence-corrected chi connectivity index (χ2v) is 5.56. The van der Waals surface area contributed by atoms with Crippen molar-refractivity contribution in [1.82, 2.24) is 9.78 Å². The van der Waals surface area contributed by atoms with Crippen LogP contribution in [0.2, 0.25) is 0 Å². The maximum absolute atomic E-state index is 9.17. The Hall–Kier alpha value is -2.28. The highest BCUT2D eigenvalue weighted by molar-refractivity contribution is 5.73. The summed E-state index contributed by atoms with van der Waals surface area (Å²) >= 11 is 0. The third-order valence-electron chi connectivity index (χ3n) is 3.88. The zero-order chi connectivity index (χ0) is 14.3. The van der Waals surface area contributed by atoms with Crippen LogP contribution in [0.4, 0.5) is 5.69 Å². The molecule has 0 radical (unpaired) electrons. The Balaban J connectivity index is 2.04. The number of nitriles is 1. The highest BCUT2D eigenvalue weighted by Crippen LogP contribution is 2.34. The molecule has 0 bridgehead atoms. The monoisotopic (exact) mass is 266 g/mol. The van der Waals surface area contributed by atoms with E-state index in [2.05, 4.69) is 48.1 Å². The summed E-state index contributed by atoms with van der Waals surface area (Å²) in [6.07, 6.45) is 2.99. The number of benzene rings is 1. The van der Waals surface area contributed by atoms with Gasteiger partial charge in [-0.3, -0.25) is 4.68 Å². The Morgan fingerprint density at radius 1 is 1.35 bits per heavy atom. The number of rotatable bonds is 2. The van der Waals surface area contributed by atoms with Crippen molar-refractivity contribution >= 4 is 5.69 Å². The molecule has 20 heavy (non-hydrogen) atoms. The number of hydrogen-bond donors (Lipinski definition) is 0. The lowest BCUT2D eigenvalue weighted by Crippen LogP contribution is -2.28. The average Bonchev–Trinajstić information content (AvgIpc) is 3.00. The summed E-state index contributed by atoms with van der Waals surface area (Å²) in [6, 6.07) is 9.16. The zero-order valence-corrected chi connectivity index (χ0v) is 12.1. The lowest BCUT2D eigenvalue weighted by Gasteiger charge is -2.24. The van der Waals surface area contributed by atoms with Crippen LogP contribution in [0.3, 0.4) is 0 Å². The van der Waals surface area contributed by atoms with E-state index in [4.69, 9.17) is 5.26 Å². The minimum Gasteiger partial charge on any atom is -0.369 e. The van der Waals surface area contributed by atoms with Crippen molar-refractivity contribution in [1.29, 1.82) is 5.26 Å². The molecule has 102 valence electrons. The van der Waals surface area contributed by atoms with Crippen LogP contribution in [0.25, 0.3) is 11.1 Å². The van der Waals surface area contributed by atoms with Gasteiger partial charge in [-0.1, -0.05) is 6.07 Å². The van der Waals surface area contributed by atoms with Gasteiger partial charge in [0.2, 0.25) is 0 Å². The van der Waals surface area contributed by atoms with Crippen LogP contribution in [0, 0.1) is 11.3 Å². The molecule has 0 saturated heterocycles. The van der Waals surface area contributed by atoms with Crippen LogP contribution in [0.1, 0.15) is 25.1 Å². The van der Waals surface area contributed by atoms with Crippen molar-refractivity contribution in [3.63, 3.8) is 0 Å². The van der Waals surface area contributed by atoms with Gasteiger partial charge >= 0.3 is 0 Å². The summed E-state index contributed by atoms with van der Waals surface area (Å²) in [7, 11) is 1.85. The number of aromatic nitrogens is 2. The molecule has 0 amide bonds. The summed E-state index contributed by atoms with van der Waals surface area (Å²) in [5.41, 5.74) is 5.18. The van der Waals surface area contributed by atoms with Gasteiger partial charge in [0.15, 0.2) is 5.69 Å². The lowest BCUT2D eigenvalue weighted by atomic mass is 10.0. The van der Waals surface area contributed by atoms with Gasteiger partial charge in [0.25, 0.3) is 0 Å². The molecule has 1 aliphatic rings. The maximum Gasteiger partial charge on any atom is 0.170 e. The Morgan fingerprint density at radius 2 is 2.15 bits per heavy atom. The molecule has 0 saturated carbocycles. The van der Waals surface area contributed by atoms with Gasteiger partial charge in [0, 0.05) is 37.1 Å². The molecule has 0 aliphatic carbocycles. The van der Waals surface area contributed by atoms with Crippen molar-refractivity contribution in [3.8, 4) is 17.2 Å².